The molecule has 0 radical (unpaired) electrons. The minimum absolute atomic E-state index is 0.0535. The van der Waals surface area contributed by atoms with E-state index in [4.69, 9.17) is 10.8 Å². The fourth-order valence-corrected chi connectivity index (χ4v) is 1.37. The maximum absolute atomic E-state index is 12.7. The number of benzene rings is 1. The molecular weight excluding hydrogens is 224 g/mol. The van der Waals surface area contributed by atoms with Crippen molar-refractivity contribution in [2.24, 2.45) is 5.73 Å². The molecule has 16 heavy (non-hydrogen) atoms. The summed E-state index contributed by atoms with van der Waals surface area (Å²) in [6, 6.07) is 2.46. The van der Waals surface area contributed by atoms with Crippen LogP contribution in [0.1, 0.15) is 11.6 Å². The number of carbonyl (C=O) groups is 1. The molecule has 0 saturated heterocycles. The molecule has 1 aliphatic rings. The summed E-state index contributed by atoms with van der Waals surface area (Å²) in [6.07, 6.45) is -3.78. The van der Waals surface area contributed by atoms with Crippen LogP contribution >= 0.6 is 0 Å². The maximum Gasteiger partial charge on any atom is 0.586 e. The van der Waals surface area contributed by atoms with Crippen molar-refractivity contribution < 1.29 is 28.2 Å². The quantitative estimate of drug-likeness (QED) is 0.796. The van der Waals surface area contributed by atoms with Crippen molar-refractivity contribution in [2.75, 3.05) is 0 Å². The van der Waals surface area contributed by atoms with Gasteiger partial charge in [0.2, 0.25) is 0 Å². The third kappa shape index (κ3) is 1.65. The molecular formula is C9H7F2NO4. The first-order valence-electron chi connectivity index (χ1n) is 4.28. The summed E-state index contributed by atoms with van der Waals surface area (Å²) in [4.78, 5) is 10.7. The van der Waals surface area contributed by atoms with Gasteiger partial charge in [-0.25, -0.2) is 0 Å². The van der Waals surface area contributed by atoms with E-state index >= 15 is 0 Å². The average Bonchev–Trinajstić information content (AvgIpc) is 2.49. The Morgan fingerprint density at radius 3 is 2.75 bits per heavy atom. The Hall–Kier alpha value is -1.89. The molecule has 0 aromatic heterocycles. The van der Waals surface area contributed by atoms with Crippen LogP contribution < -0.4 is 15.2 Å². The van der Waals surface area contributed by atoms with Crippen molar-refractivity contribution in [3.8, 4) is 11.5 Å². The zero-order valence-electron chi connectivity index (χ0n) is 7.81. The number of alkyl halides is 2. The highest BCUT2D eigenvalue weighted by Crippen LogP contribution is 2.44. The van der Waals surface area contributed by atoms with Crippen LogP contribution in [0.4, 0.5) is 8.78 Å². The van der Waals surface area contributed by atoms with Crippen LogP contribution in [0.2, 0.25) is 0 Å². The SMILES string of the molecule is N[C@H](C(=O)O)c1cccc2c1OC(F)(F)O2. The summed E-state index contributed by atoms with van der Waals surface area (Å²) in [6.45, 7) is 0. The molecule has 0 spiro atoms. The van der Waals surface area contributed by atoms with E-state index in [1.165, 1.54) is 18.2 Å². The van der Waals surface area contributed by atoms with E-state index in [2.05, 4.69) is 9.47 Å². The number of rotatable bonds is 2. The van der Waals surface area contributed by atoms with Crippen molar-refractivity contribution in [2.45, 2.75) is 12.3 Å². The summed E-state index contributed by atoms with van der Waals surface area (Å²) in [5.41, 5.74) is 5.27. The minimum atomic E-state index is -3.78. The van der Waals surface area contributed by atoms with Gasteiger partial charge in [-0.3, -0.25) is 4.79 Å². The number of nitrogens with two attached hydrogens (primary N) is 1. The number of hydrogen-bond donors (Lipinski definition) is 2. The molecule has 1 aromatic carbocycles. The number of carboxylic acid groups (broad SMARTS) is 1. The van der Waals surface area contributed by atoms with Gasteiger partial charge in [0.25, 0.3) is 0 Å². The number of aliphatic carboxylic acids is 1. The summed E-state index contributed by atoms with van der Waals surface area (Å²) < 4.78 is 33.9. The summed E-state index contributed by atoms with van der Waals surface area (Å²) in [5.74, 6) is -1.89. The number of halogens is 2. The Morgan fingerprint density at radius 2 is 2.12 bits per heavy atom. The maximum atomic E-state index is 12.7. The molecule has 0 unspecified atom stereocenters. The lowest BCUT2D eigenvalue weighted by molar-refractivity contribution is -0.287. The van der Waals surface area contributed by atoms with Gasteiger partial charge in [-0.2, -0.15) is 0 Å². The molecule has 1 aliphatic heterocycles. The molecule has 0 fully saturated rings. The van der Waals surface area contributed by atoms with Crippen LogP contribution in [0, 0.1) is 0 Å². The first-order valence-corrected chi connectivity index (χ1v) is 4.28. The number of carboxylic acids is 1. The molecule has 0 bridgehead atoms. The summed E-state index contributed by atoms with van der Waals surface area (Å²) in [7, 11) is 0. The highest BCUT2D eigenvalue weighted by molar-refractivity contribution is 5.77. The molecule has 2 rings (SSSR count). The standard InChI is InChI=1S/C9H7F2NO4/c10-9(11)15-5-3-1-2-4(7(5)16-9)6(12)8(13)14/h1-3,6H,12H2,(H,13,14)/t6-/m0/s1. The largest absolute Gasteiger partial charge is 0.586 e. The molecule has 1 atom stereocenters. The van der Waals surface area contributed by atoms with Crippen LogP contribution in [0.5, 0.6) is 11.5 Å². The predicted molar refractivity (Wildman–Crippen MR) is 47.2 cm³/mol. The second kappa shape index (κ2) is 3.31. The van der Waals surface area contributed by atoms with Gasteiger partial charge < -0.3 is 20.3 Å². The Balaban J connectivity index is 2.45. The smallest absolute Gasteiger partial charge is 0.480 e. The highest BCUT2D eigenvalue weighted by Gasteiger charge is 2.45. The fraction of sp³-hybridized carbons (Fsp3) is 0.222. The van der Waals surface area contributed by atoms with Crippen molar-refractivity contribution in [1.82, 2.24) is 0 Å². The Morgan fingerprint density at radius 1 is 1.44 bits per heavy atom. The molecule has 0 aliphatic carbocycles. The van der Waals surface area contributed by atoms with Gasteiger partial charge in [0.15, 0.2) is 11.5 Å². The van der Waals surface area contributed by atoms with Gasteiger partial charge in [-0.1, -0.05) is 12.1 Å². The van der Waals surface area contributed by atoms with E-state index in [-0.39, 0.29) is 17.1 Å². The van der Waals surface area contributed by atoms with Crippen LogP contribution in [0.25, 0.3) is 0 Å². The lowest BCUT2D eigenvalue weighted by atomic mass is 10.1. The van der Waals surface area contributed by atoms with E-state index < -0.39 is 18.3 Å². The fourth-order valence-electron chi connectivity index (χ4n) is 1.37. The van der Waals surface area contributed by atoms with E-state index in [0.717, 1.165) is 0 Å². The zero-order valence-corrected chi connectivity index (χ0v) is 7.81. The Kier molecular flexibility index (Phi) is 2.20. The van der Waals surface area contributed by atoms with Crippen molar-refractivity contribution in [1.29, 1.82) is 0 Å². The van der Waals surface area contributed by atoms with Crippen LogP contribution in [-0.4, -0.2) is 17.4 Å². The van der Waals surface area contributed by atoms with Gasteiger partial charge in [-0.15, -0.1) is 8.78 Å². The molecule has 7 heteroatoms. The van der Waals surface area contributed by atoms with E-state index in [1.54, 1.807) is 0 Å². The second-order valence-electron chi connectivity index (χ2n) is 3.16. The van der Waals surface area contributed by atoms with Gasteiger partial charge in [0.05, 0.1) is 0 Å². The topological polar surface area (TPSA) is 81.8 Å². The Labute approximate surface area is 88.4 Å². The van der Waals surface area contributed by atoms with E-state index in [0.29, 0.717) is 0 Å². The van der Waals surface area contributed by atoms with Crippen LogP contribution in [0.15, 0.2) is 18.2 Å². The van der Waals surface area contributed by atoms with E-state index in [1.807, 2.05) is 0 Å². The first-order chi connectivity index (χ1) is 7.41. The summed E-state index contributed by atoms with van der Waals surface area (Å²) >= 11 is 0. The van der Waals surface area contributed by atoms with Gasteiger partial charge in [0, 0.05) is 5.56 Å². The predicted octanol–water partition coefficient (Wildman–Crippen LogP) is 1.09. The van der Waals surface area contributed by atoms with Gasteiger partial charge in [-0.05, 0) is 6.07 Å². The van der Waals surface area contributed by atoms with Crippen molar-refractivity contribution in [3.05, 3.63) is 23.8 Å². The molecule has 5 nitrogen and oxygen atoms in total. The zero-order chi connectivity index (χ0) is 11.9. The lowest BCUT2D eigenvalue weighted by Crippen LogP contribution is -2.27. The van der Waals surface area contributed by atoms with Crippen molar-refractivity contribution in [3.63, 3.8) is 0 Å². The first kappa shape index (κ1) is 10.6. The van der Waals surface area contributed by atoms with Crippen LogP contribution in [-0.2, 0) is 4.79 Å². The molecule has 3 N–H and O–H groups in total. The van der Waals surface area contributed by atoms with Gasteiger partial charge in [0.1, 0.15) is 6.04 Å². The van der Waals surface area contributed by atoms with Crippen LogP contribution in [0.3, 0.4) is 0 Å². The van der Waals surface area contributed by atoms with E-state index in [9.17, 15) is 13.6 Å². The number of hydrogen-bond acceptors (Lipinski definition) is 4. The molecule has 1 aromatic rings. The summed E-state index contributed by atoms with van der Waals surface area (Å²) in [5, 5.41) is 8.69. The Bertz CT molecular complexity index is 449. The normalized spacial score (nSPS) is 18.2. The third-order valence-electron chi connectivity index (χ3n) is 2.06. The average molecular weight is 231 g/mol. The van der Waals surface area contributed by atoms with Crippen molar-refractivity contribution >= 4 is 5.97 Å². The number of fused-ring (bicyclic) bond motifs is 1. The highest BCUT2D eigenvalue weighted by atomic mass is 19.3. The minimum Gasteiger partial charge on any atom is -0.480 e. The number of para-hydroxylation sites is 1. The second-order valence-corrected chi connectivity index (χ2v) is 3.16. The molecule has 0 saturated carbocycles. The monoisotopic (exact) mass is 231 g/mol. The molecule has 0 amide bonds. The number of ether oxygens (including phenoxy) is 2. The molecule has 86 valence electrons. The third-order valence-corrected chi connectivity index (χ3v) is 2.06. The lowest BCUT2D eigenvalue weighted by Gasteiger charge is -2.09. The molecule has 1 heterocycles. The van der Waals surface area contributed by atoms with Gasteiger partial charge >= 0.3 is 12.3 Å².